The normalized spacial score (nSPS) is 30.8. The fourth-order valence-corrected chi connectivity index (χ4v) is 4.98. The van der Waals surface area contributed by atoms with E-state index in [1.165, 1.54) is 70.6 Å². The molecule has 0 aromatic carbocycles. The maximum Gasteiger partial charge on any atom is 0.160 e. The van der Waals surface area contributed by atoms with Gasteiger partial charge in [-0.1, -0.05) is 78.1 Å². The quantitative estimate of drug-likeness (QED) is 0.307. The summed E-state index contributed by atoms with van der Waals surface area (Å²) in [5, 5.41) is 9.80. The molecule has 0 spiro atoms. The van der Waals surface area contributed by atoms with Crippen molar-refractivity contribution in [2.75, 3.05) is 13.2 Å². The molecule has 1 aliphatic heterocycles. The van der Waals surface area contributed by atoms with Crippen LogP contribution in [0.4, 0.5) is 0 Å². The predicted molar refractivity (Wildman–Crippen MR) is 116 cm³/mol. The average Bonchev–Trinajstić information content (AvgIpc) is 2.74. The van der Waals surface area contributed by atoms with Crippen LogP contribution < -0.4 is 0 Å². The molecular formula is C25H45NO2. The van der Waals surface area contributed by atoms with Crippen LogP contribution >= 0.6 is 0 Å². The van der Waals surface area contributed by atoms with Crippen molar-refractivity contribution in [3.05, 3.63) is 0 Å². The van der Waals surface area contributed by atoms with Crippen molar-refractivity contribution in [3.8, 4) is 6.07 Å². The highest BCUT2D eigenvalue weighted by Crippen LogP contribution is 2.44. The summed E-state index contributed by atoms with van der Waals surface area (Å²) < 4.78 is 12.3. The minimum Gasteiger partial charge on any atom is -0.352 e. The van der Waals surface area contributed by atoms with Crippen molar-refractivity contribution in [3.63, 3.8) is 0 Å². The maximum absolute atomic E-state index is 9.80. The summed E-state index contributed by atoms with van der Waals surface area (Å²) in [5.74, 6) is 1.08. The molecule has 0 aromatic heterocycles. The maximum atomic E-state index is 9.80. The highest BCUT2D eigenvalue weighted by molar-refractivity contribution is 5.01. The topological polar surface area (TPSA) is 42.2 Å². The van der Waals surface area contributed by atoms with Gasteiger partial charge in [0.1, 0.15) is 0 Å². The molecule has 0 radical (unpaired) electrons. The van der Waals surface area contributed by atoms with Gasteiger partial charge >= 0.3 is 0 Å². The van der Waals surface area contributed by atoms with E-state index in [9.17, 15) is 5.26 Å². The van der Waals surface area contributed by atoms with Crippen LogP contribution in [0, 0.1) is 28.6 Å². The summed E-state index contributed by atoms with van der Waals surface area (Å²) in [6.07, 6.45) is 19.7. The van der Waals surface area contributed by atoms with Crippen LogP contribution in [0.3, 0.4) is 0 Å². The van der Waals surface area contributed by atoms with Crippen molar-refractivity contribution in [2.24, 2.45) is 17.3 Å². The summed E-state index contributed by atoms with van der Waals surface area (Å²) in [4.78, 5) is 0. The molecule has 1 saturated carbocycles. The van der Waals surface area contributed by atoms with Gasteiger partial charge in [-0.3, -0.25) is 0 Å². The Morgan fingerprint density at radius 2 is 1.39 bits per heavy atom. The van der Waals surface area contributed by atoms with Crippen LogP contribution in [0.25, 0.3) is 0 Å². The van der Waals surface area contributed by atoms with Gasteiger partial charge in [0.15, 0.2) is 6.29 Å². The number of ether oxygens (including phenoxy) is 2. The Bertz CT molecular complexity index is 428. The van der Waals surface area contributed by atoms with Gasteiger partial charge in [-0.15, -0.1) is 0 Å². The second-order valence-electron chi connectivity index (χ2n) is 9.50. The zero-order chi connectivity index (χ0) is 20.1. The van der Waals surface area contributed by atoms with E-state index in [4.69, 9.17) is 9.47 Å². The fraction of sp³-hybridized carbons (Fsp3) is 0.960. The molecule has 0 amide bonds. The first-order valence-corrected chi connectivity index (χ1v) is 12.4. The van der Waals surface area contributed by atoms with Gasteiger partial charge in [0.2, 0.25) is 0 Å². The van der Waals surface area contributed by atoms with Crippen molar-refractivity contribution in [1.29, 1.82) is 5.26 Å². The first-order valence-electron chi connectivity index (χ1n) is 12.4. The summed E-state index contributed by atoms with van der Waals surface area (Å²) >= 11 is 0. The van der Waals surface area contributed by atoms with E-state index in [0.29, 0.717) is 11.8 Å². The molecule has 2 rings (SSSR count). The molecule has 28 heavy (non-hydrogen) atoms. The molecule has 2 fully saturated rings. The molecule has 1 aliphatic carbocycles. The van der Waals surface area contributed by atoms with E-state index < -0.39 is 0 Å². The lowest BCUT2D eigenvalue weighted by molar-refractivity contribution is -0.231. The van der Waals surface area contributed by atoms with Gasteiger partial charge in [-0.25, -0.2) is 0 Å². The Morgan fingerprint density at radius 1 is 0.821 bits per heavy atom. The van der Waals surface area contributed by atoms with Gasteiger partial charge in [-0.05, 0) is 38.5 Å². The molecule has 1 heterocycles. The van der Waals surface area contributed by atoms with E-state index in [-0.39, 0.29) is 11.7 Å². The third-order valence-corrected chi connectivity index (χ3v) is 7.08. The van der Waals surface area contributed by atoms with Crippen LogP contribution in [0.2, 0.25) is 0 Å². The van der Waals surface area contributed by atoms with E-state index in [2.05, 4.69) is 19.9 Å². The molecule has 0 bridgehead atoms. The third-order valence-electron chi connectivity index (χ3n) is 7.08. The summed E-state index contributed by atoms with van der Waals surface area (Å²) in [6.45, 7) is 6.26. The van der Waals surface area contributed by atoms with Crippen molar-refractivity contribution >= 4 is 0 Å². The number of rotatable bonds is 13. The van der Waals surface area contributed by atoms with Gasteiger partial charge in [0.05, 0.1) is 24.7 Å². The van der Waals surface area contributed by atoms with Crippen LogP contribution in [0.15, 0.2) is 0 Å². The Morgan fingerprint density at radius 3 is 1.96 bits per heavy atom. The molecule has 0 N–H and O–H groups in total. The number of hydrogen-bond acceptors (Lipinski definition) is 3. The molecule has 3 nitrogen and oxygen atoms in total. The largest absolute Gasteiger partial charge is 0.352 e. The van der Waals surface area contributed by atoms with E-state index in [1.54, 1.807) is 0 Å². The minimum absolute atomic E-state index is 0.0161. The van der Waals surface area contributed by atoms with Crippen LogP contribution in [-0.2, 0) is 9.47 Å². The highest BCUT2D eigenvalue weighted by Gasteiger charge is 2.39. The van der Waals surface area contributed by atoms with Gasteiger partial charge < -0.3 is 9.47 Å². The van der Waals surface area contributed by atoms with Gasteiger partial charge in [0, 0.05) is 11.8 Å². The molecule has 162 valence electrons. The second-order valence-corrected chi connectivity index (χ2v) is 9.50. The number of unbranched alkanes of at least 4 members (excludes halogenated alkanes) is 8. The lowest BCUT2D eigenvalue weighted by Gasteiger charge is -2.40. The van der Waals surface area contributed by atoms with Crippen LogP contribution in [0.5, 0.6) is 0 Å². The average molecular weight is 392 g/mol. The molecule has 1 saturated heterocycles. The van der Waals surface area contributed by atoms with E-state index in [0.717, 1.165) is 45.3 Å². The van der Waals surface area contributed by atoms with Crippen LogP contribution in [-0.4, -0.2) is 19.5 Å². The summed E-state index contributed by atoms with van der Waals surface area (Å²) in [6, 6.07) is 2.69. The smallest absolute Gasteiger partial charge is 0.160 e. The van der Waals surface area contributed by atoms with Gasteiger partial charge in [-0.2, -0.15) is 5.26 Å². The highest BCUT2D eigenvalue weighted by atomic mass is 16.7. The molecule has 0 aromatic rings. The second kappa shape index (κ2) is 13.6. The zero-order valence-electron chi connectivity index (χ0n) is 18.7. The SMILES string of the molecule is CCCCCCCC1COC([C@H]2CC[C@](C#N)(CCCCCCC)CC2)OC1. The summed E-state index contributed by atoms with van der Waals surface area (Å²) in [7, 11) is 0. The minimum atomic E-state index is -0.0710. The lowest BCUT2D eigenvalue weighted by atomic mass is 9.68. The lowest BCUT2D eigenvalue weighted by Crippen LogP contribution is -2.40. The summed E-state index contributed by atoms with van der Waals surface area (Å²) in [5.41, 5.74) is -0.0710. The Balaban J connectivity index is 1.62. The number of nitriles is 1. The standard InChI is InChI=1S/C25H45NO2/c1-3-5-7-9-11-13-22-19-27-24(28-20-22)23-14-17-25(21-26,18-15-23)16-12-10-8-6-4-2/h22-24H,3-20H2,1-2H3/t22?,23-,24?,25+. The number of nitrogens with zero attached hydrogens (tertiary/aromatic N) is 1. The van der Waals surface area contributed by atoms with E-state index in [1.807, 2.05) is 0 Å². The predicted octanol–water partition coefficient (Wildman–Crippen LogP) is 7.40. The van der Waals surface area contributed by atoms with Crippen LogP contribution in [0.1, 0.15) is 117 Å². The van der Waals surface area contributed by atoms with Crippen molar-refractivity contribution in [1.82, 2.24) is 0 Å². The van der Waals surface area contributed by atoms with E-state index >= 15 is 0 Å². The monoisotopic (exact) mass is 391 g/mol. The zero-order valence-corrected chi connectivity index (χ0v) is 18.7. The Hall–Kier alpha value is -0.590. The first kappa shape index (κ1) is 23.7. The molecule has 2 aliphatic rings. The number of hydrogen-bond donors (Lipinski definition) is 0. The third kappa shape index (κ3) is 8.03. The molecular weight excluding hydrogens is 346 g/mol. The Labute approximate surface area is 174 Å². The first-order chi connectivity index (χ1) is 13.7. The Kier molecular flexibility index (Phi) is 11.5. The van der Waals surface area contributed by atoms with Crippen molar-refractivity contribution in [2.45, 2.75) is 123 Å². The molecule has 0 unspecified atom stereocenters. The fourth-order valence-electron chi connectivity index (χ4n) is 4.98. The van der Waals surface area contributed by atoms with Gasteiger partial charge in [0.25, 0.3) is 0 Å². The van der Waals surface area contributed by atoms with Crippen molar-refractivity contribution < 1.29 is 9.47 Å². The molecule has 3 heteroatoms. The molecule has 0 atom stereocenters.